The lowest BCUT2D eigenvalue weighted by molar-refractivity contribution is 0.158. The van der Waals surface area contributed by atoms with Gasteiger partial charge in [-0.15, -0.1) is 0 Å². The van der Waals surface area contributed by atoms with Crippen LogP contribution in [0, 0.1) is 5.92 Å². The van der Waals surface area contributed by atoms with Gasteiger partial charge < -0.3 is 0 Å². The zero-order chi connectivity index (χ0) is 15.5. The average Bonchev–Trinajstić information content (AvgIpc) is 2.94. The highest BCUT2D eigenvalue weighted by molar-refractivity contribution is 5.61. The molecule has 0 bridgehead atoms. The number of rotatable bonds is 4. The first-order valence-corrected chi connectivity index (χ1v) is 8.40. The molecule has 1 aliphatic rings. The maximum atomic E-state index is 4.24. The van der Waals surface area contributed by atoms with Crippen molar-refractivity contribution in [1.29, 1.82) is 0 Å². The van der Waals surface area contributed by atoms with Crippen LogP contribution >= 0.6 is 0 Å². The van der Waals surface area contributed by atoms with E-state index in [-0.39, 0.29) is 0 Å². The van der Waals surface area contributed by atoms with Crippen LogP contribution < -0.4 is 0 Å². The first-order valence-electron chi connectivity index (χ1n) is 8.40. The summed E-state index contributed by atoms with van der Waals surface area (Å²) in [7, 11) is 4.23. The van der Waals surface area contributed by atoms with Crippen molar-refractivity contribution in [2.45, 2.75) is 45.2 Å². The van der Waals surface area contributed by atoms with Crippen molar-refractivity contribution in [3.05, 3.63) is 42.2 Å². The Morgan fingerprint density at radius 3 is 2.59 bits per heavy atom. The summed E-state index contributed by atoms with van der Waals surface area (Å²) in [5, 5.41) is 4.24. The van der Waals surface area contributed by atoms with Gasteiger partial charge in [0.1, 0.15) is 0 Å². The van der Waals surface area contributed by atoms with E-state index in [2.05, 4.69) is 54.4 Å². The molecule has 1 aromatic carbocycles. The fraction of sp³-hybridized carbons (Fsp3) is 0.526. The van der Waals surface area contributed by atoms with Crippen LogP contribution in [0.3, 0.4) is 0 Å². The molecule has 3 nitrogen and oxygen atoms in total. The van der Waals surface area contributed by atoms with Gasteiger partial charge in [0.15, 0.2) is 0 Å². The van der Waals surface area contributed by atoms with Crippen molar-refractivity contribution in [3.8, 4) is 11.1 Å². The van der Waals surface area contributed by atoms with Crippen molar-refractivity contribution in [2.24, 2.45) is 13.0 Å². The number of aromatic nitrogens is 2. The molecule has 1 saturated carbocycles. The molecular formula is C19H27N3. The van der Waals surface area contributed by atoms with E-state index in [4.69, 9.17) is 0 Å². The third-order valence-electron chi connectivity index (χ3n) is 4.96. The van der Waals surface area contributed by atoms with Gasteiger partial charge in [-0.25, -0.2) is 0 Å². The highest BCUT2D eigenvalue weighted by Gasteiger charge is 2.22. The van der Waals surface area contributed by atoms with Gasteiger partial charge >= 0.3 is 0 Å². The lowest BCUT2D eigenvalue weighted by Crippen LogP contribution is -2.35. The molecule has 2 unspecified atom stereocenters. The van der Waals surface area contributed by atoms with Gasteiger partial charge in [0.05, 0.1) is 6.20 Å². The maximum Gasteiger partial charge on any atom is 0.0568 e. The molecule has 0 radical (unpaired) electrons. The molecule has 0 saturated heterocycles. The number of hydrogen-bond acceptors (Lipinski definition) is 2. The van der Waals surface area contributed by atoms with Crippen molar-refractivity contribution in [2.75, 3.05) is 7.05 Å². The summed E-state index contributed by atoms with van der Waals surface area (Å²) in [5.74, 6) is 0.883. The largest absolute Gasteiger partial charge is 0.299 e. The van der Waals surface area contributed by atoms with Crippen LogP contribution in [-0.4, -0.2) is 27.8 Å². The van der Waals surface area contributed by atoms with Crippen molar-refractivity contribution < 1.29 is 0 Å². The lowest BCUT2D eigenvalue weighted by atomic mass is 9.86. The van der Waals surface area contributed by atoms with Gasteiger partial charge in [0, 0.05) is 31.4 Å². The lowest BCUT2D eigenvalue weighted by Gasteiger charge is -2.34. The summed E-state index contributed by atoms with van der Waals surface area (Å²) in [6, 6.07) is 9.69. The minimum absolute atomic E-state index is 0.752. The highest BCUT2D eigenvalue weighted by atomic mass is 15.2. The molecule has 3 heteroatoms. The predicted molar refractivity (Wildman–Crippen MR) is 91.5 cm³/mol. The van der Waals surface area contributed by atoms with Gasteiger partial charge in [0.25, 0.3) is 0 Å². The second kappa shape index (κ2) is 6.66. The first-order chi connectivity index (χ1) is 10.6. The molecular weight excluding hydrogens is 270 g/mol. The van der Waals surface area contributed by atoms with Crippen LogP contribution in [0.2, 0.25) is 0 Å². The van der Waals surface area contributed by atoms with E-state index in [1.165, 1.54) is 42.4 Å². The van der Waals surface area contributed by atoms with Crippen molar-refractivity contribution >= 4 is 0 Å². The van der Waals surface area contributed by atoms with Gasteiger partial charge in [0.2, 0.25) is 0 Å². The van der Waals surface area contributed by atoms with Gasteiger partial charge in [-0.1, -0.05) is 44.0 Å². The number of aryl methyl sites for hydroxylation is 1. The van der Waals surface area contributed by atoms with E-state index in [0.717, 1.165) is 18.5 Å². The third-order valence-corrected chi connectivity index (χ3v) is 4.96. The minimum atomic E-state index is 0.752. The third kappa shape index (κ3) is 3.58. The van der Waals surface area contributed by atoms with Crippen LogP contribution in [0.5, 0.6) is 0 Å². The molecule has 0 amide bonds. The van der Waals surface area contributed by atoms with Gasteiger partial charge in [-0.3, -0.25) is 9.58 Å². The van der Waals surface area contributed by atoms with Crippen LogP contribution in [0.25, 0.3) is 11.1 Å². The Kier molecular flexibility index (Phi) is 4.63. The Labute approximate surface area is 133 Å². The zero-order valence-electron chi connectivity index (χ0n) is 14.0. The minimum Gasteiger partial charge on any atom is -0.299 e. The Bertz CT molecular complexity index is 599. The molecule has 2 aromatic rings. The smallest absolute Gasteiger partial charge is 0.0568 e. The molecule has 0 aliphatic heterocycles. The topological polar surface area (TPSA) is 21.1 Å². The molecule has 0 spiro atoms. The Morgan fingerprint density at radius 2 is 1.95 bits per heavy atom. The standard InChI is InChI=1S/C19H27N3/c1-15-5-4-6-19(11-15)21(2)13-16-7-9-17(10-8-16)18-12-20-22(3)14-18/h7-10,12,14-15,19H,4-6,11,13H2,1-3H3. The highest BCUT2D eigenvalue weighted by Crippen LogP contribution is 2.27. The number of hydrogen-bond donors (Lipinski definition) is 0. The Hall–Kier alpha value is -1.61. The first kappa shape index (κ1) is 15.3. The zero-order valence-corrected chi connectivity index (χ0v) is 14.0. The SMILES string of the molecule is CC1CCCC(N(C)Cc2ccc(-c3cnn(C)c3)cc2)C1. The van der Waals surface area contributed by atoms with E-state index < -0.39 is 0 Å². The summed E-state index contributed by atoms with van der Waals surface area (Å²) in [5.41, 5.74) is 3.82. The van der Waals surface area contributed by atoms with Crippen molar-refractivity contribution in [3.63, 3.8) is 0 Å². The van der Waals surface area contributed by atoms with Crippen LogP contribution in [-0.2, 0) is 13.6 Å². The molecule has 1 heterocycles. The number of benzene rings is 1. The maximum absolute atomic E-state index is 4.24. The molecule has 1 aromatic heterocycles. The molecule has 1 aliphatic carbocycles. The Morgan fingerprint density at radius 1 is 1.18 bits per heavy atom. The van der Waals surface area contributed by atoms with E-state index in [1.807, 2.05) is 17.9 Å². The van der Waals surface area contributed by atoms with Crippen molar-refractivity contribution in [1.82, 2.24) is 14.7 Å². The normalized spacial score (nSPS) is 22.2. The summed E-state index contributed by atoms with van der Waals surface area (Å²) in [6.07, 6.45) is 9.48. The molecule has 118 valence electrons. The van der Waals surface area contributed by atoms with E-state index in [9.17, 15) is 0 Å². The fourth-order valence-electron chi connectivity index (χ4n) is 3.59. The van der Waals surface area contributed by atoms with Crippen LogP contribution in [0.15, 0.2) is 36.7 Å². The van der Waals surface area contributed by atoms with Crippen LogP contribution in [0.4, 0.5) is 0 Å². The van der Waals surface area contributed by atoms with Crippen LogP contribution in [0.1, 0.15) is 38.2 Å². The number of nitrogens with zero attached hydrogens (tertiary/aromatic N) is 3. The molecule has 1 fully saturated rings. The molecule has 3 rings (SSSR count). The summed E-state index contributed by atoms with van der Waals surface area (Å²) in [4.78, 5) is 2.54. The fourth-order valence-corrected chi connectivity index (χ4v) is 3.59. The van der Waals surface area contributed by atoms with E-state index in [1.54, 1.807) is 0 Å². The summed E-state index contributed by atoms with van der Waals surface area (Å²) in [6.45, 7) is 3.44. The quantitative estimate of drug-likeness (QED) is 0.847. The summed E-state index contributed by atoms with van der Waals surface area (Å²) >= 11 is 0. The van der Waals surface area contributed by atoms with Gasteiger partial charge in [-0.05, 0) is 36.9 Å². The molecule has 2 atom stereocenters. The Balaban J connectivity index is 1.63. The predicted octanol–water partition coefficient (Wildman–Crippen LogP) is 4.10. The van der Waals surface area contributed by atoms with Gasteiger partial charge in [-0.2, -0.15) is 5.10 Å². The second-order valence-corrected chi connectivity index (χ2v) is 6.94. The monoisotopic (exact) mass is 297 g/mol. The second-order valence-electron chi connectivity index (χ2n) is 6.94. The molecule has 22 heavy (non-hydrogen) atoms. The summed E-state index contributed by atoms with van der Waals surface area (Å²) < 4.78 is 1.85. The van der Waals surface area contributed by atoms with E-state index >= 15 is 0 Å². The average molecular weight is 297 g/mol. The van der Waals surface area contributed by atoms with E-state index in [0.29, 0.717) is 0 Å². The molecule has 0 N–H and O–H groups in total.